The molecule has 0 fully saturated rings. The molecule has 160 valence electrons. The summed E-state index contributed by atoms with van der Waals surface area (Å²) in [6, 6.07) is 24.2. The van der Waals surface area contributed by atoms with Gasteiger partial charge in [-0.3, -0.25) is 14.5 Å². The molecule has 0 spiro atoms. The van der Waals surface area contributed by atoms with Gasteiger partial charge in [-0.25, -0.2) is 0 Å². The van der Waals surface area contributed by atoms with Crippen LogP contribution >= 0.6 is 0 Å². The molecular weight excluding hydrogens is 394 g/mol. The van der Waals surface area contributed by atoms with Crippen LogP contribution in [-0.2, 0) is 9.59 Å². The number of hydrogen-bond acceptors (Lipinski definition) is 2. The summed E-state index contributed by atoms with van der Waals surface area (Å²) in [7, 11) is 0. The molecule has 32 heavy (non-hydrogen) atoms. The first-order valence-corrected chi connectivity index (χ1v) is 11.2. The molecule has 3 heteroatoms. The van der Waals surface area contributed by atoms with Crippen LogP contribution in [0.5, 0.6) is 0 Å². The Morgan fingerprint density at radius 1 is 0.875 bits per heavy atom. The second-order valence-electron chi connectivity index (χ2n) is 9.61. The summed E-state index contributed by atoms with van der Waals surface area (Å²) in [6.07, 6.45) is 5.59. The maximum absolute atomic E-state index is 13.6. The van der Waals surface area contributed by atoms with Gasteiger partial charge in [-0.1, -0.05) is 92.7 Å². The molecule has 0 aromatic heterocycles. The Morgan fingerprint density at radius 3 is 2.41 bits per heavy atom. The van der Waals surface area contributed by atoms with Crippen molar-refractivity contribution in [2.75, 3.05) is 4.90 Å². The van der Waals surface area contributed by atoms with Crippen LogP contribution in [0.25, 0.3) is 16.8 Å². The molecule has 1 aliphatic carbocycles. The van der Waals surface area contributed by atoms with E-state index >= 15 is 0 Å². The first-order chi connectivity index (χ1) is 15.4. The lowest BCUT2D eigenvalue weighted by Gasteiger charge is -2.42. The predicted octanol–water partition coefficient (Wildman–Crippen LogP) is 6.55. The molecule has 0 saturated carbocycles. The van der Waals surface area contributed by atoms with Crippen LogP contribution in [0.3, 0.4) is 0 Å². The summed E-state index contributed by atoms with van der Waals surface area (Å²) in [5.74, 6) is 0.0255. The minimum Gasteiger partial charge on any atom is -0.294 e. The number of carbonyl (C=O) groups is 2. The number of ketones is 1. The van der Waals surface area contributed by atoms with Crippen LogP contribution in [0.2, 0.25) is 0 Å². The van der Waals surface area contributed by atoms with Gasteiger partial charge in [0.15, 0.2) is 5.78 Å². The van der Waals surface area contributed by atoms with E-state index in [1.54, 1.807) is 0 Å². The maximum Gasteiger partial charge on any atom is 0.232 e. The van der Waals surface area contributed by atoms with Crippen molar-refractivity contribution in [3.8, 4) is 0 Å². The van der Waals surface area contributed by atoms with Gasteiger partial charge in [0.05, 0.1) is 5.69 Å². The summed E-state index contributed by atoms with van der Waals surface area (Å²) in [5, 5.41) is 2.12. The first-order valence-electron chi connectivity index (χ1n) is 11.2. The van der Waals surface area contributed by atoms with Crippen molar-refractivity contribution in [1.29, 1.82) is 0 Å². The van der Waals surface area contributed by atoms with Crippen molar-refractivity contribution in [2.45, 2.75) is 33.1 Å². The predicted molar refractivity (Wildman–Crippen MR) is 130 cm³/mol. The van der Waals surface area contributed by atoms with E-state index in [0.717, 1.165) is 33.3 Å². The standard InChI is InChI=1S/C29H27NO2/c1-29(2)18-25-28(26(31)19-29)22(16-15-20-9-4-3-5-10-20)17-27(32)30(25)24-14-8-12-21-11-6-7-13-23(21)24/h3-16,22H,17-19H2,1-2H3/b16-15+. The Kier molecular flexibility index (Phi) is 5.05. The van der Waals surface area contributed by atoms with Gasteiger partial charge in [0.1, 0.15) is 0 Å². The van der Waals surface area contributed by atoms with E-state index in [4.69, 9.17) is 0 Å². The van der Waals surface area contributed by atoms with Gasteiger partial charge >= 0.3 is 0 Å². The Labute approximate surface area is 189 Å². The lowest BCUT2D eigenvalue weighted by molar-refractivity contribution is -0.121. The summed E-state index contributed by atoms with van der Waals surface area (Å²) in [4.78, 5) is 28.8. The molecule has 1 heterocycles. The van der Waals surface area contributed by atoms with Crippen LogP contribution in [0.4, 0.5) is 5.69 Å². The fraction of sp³-hybridized carbons (Fsp3) is 0.241. The molecule has 0 N–H and O–H groups in total. The zero-order valence-electron chi connectivity index (χ0n) is 18.5. The third-order valence-electron chi connectivity index (χ3n) is 6.51. The highest BCUT2D eigenvalue weighted by molar-refractivity contribution is 6.11. The fourth-order valence-corrected chi connectivity index (χ4v) is 5.09. The van der Waals surface area contributed by atoms with Gasteiger partial charge in [-0.05, 0) is 28.9 Å². The Bertz CT molecular complexity index is 1260. The Morgan fingerprint density at radius 2 is 1.59 bits per heavy atom. The van der Waals surface area contributed by atoms with Crippen molar-refractivity contribution in [2.24, 2.45) is 11.3 Å². The number of anilines is 1. The van der Waals surface area contributed by atoms with E-state index in [1.807, 2.05) is 71.6 Å². The van der Waals surface area contributed by atoms with E-state index in [1.165, 1.54) is 0 Å². The van der Waals surface area contributed by atoms with Crippen LogP contribution in [0, 0.1) is 11.3 Å². The number of fused-ring (bicyclic) bond motifs is 1. The molecule has 3 nitrogen and oxygen atoms in total. The monoisotopic (exact) mass is 421 g/mol. The van der Waals surface area contributed by atoms with Crippen LogP contribution in [0.1, 0.15) is 38.7 Å². The molecule has 3 aromatic rings. The average molecular weight is 422 g/mol. The maximum atomic E-state index is 13.6. The second-order valence-corrected chi connectivity index (χ2v) is 9.61. The zero-order chi connectivity index (χ0) is 22.3. The number of nitrogens with zero attached hydrogens (tertiary/aromatic N) is 1. The quantitative estimate of drug-likeness (QED) is 0.481. The normalized spacial score (nSPS) is 20.8. The number of benzene rings is 3. The number of allylic oxidation sites excluding steroid dienone is 3. The molecule has 3 aromatic carbocycles. The lowest BCUT2D eigenvalue weighted by Crippen LogP contribution is -2.44. The number of hydrogen-bond donors (Lipinski definition) is 0. The third-order valence-corrected chi connectivity index (χ3v) is 6.51. The van der Waals surface area contributed by atoms with Gasteiger partial charge < -0.3 is 0 Å². The molecular formula is C29H27NO2. The molecule has 1 atom stereocenters. The minimum atomic E-state index is -0.187. The lowest BCUT2D eigenvalue weighted by atomic mass is 9.70. The average Bonchev–Trinajstić information content (AvgIpc) is 2.77. The smallest absolute Gasteiger partial charge is 0.232 e. The van der Waals surface area contributed by atoms with E-state index < -0.39 is 0 Å². The van der Waals surface area contributed by atoms with Crippen LogP contribution < -0.4 is 4.90 Å². The van der Waals surface area contributed by atoms with E-state index in [2.05, 4.69) is 32.0 Å². The molecule has 0 radical (unpaired) electrons. The van der Waals surface area contributed by atoms with Gasteiger partial charge in [0.2, 0.25) is 5.91 Å². The van der Waals surface area contributed by atoms with Crippen molar-refractivity contribution in [3.63, 3.8) is 0 Å². The van der Waals surface area contributed by atoms with Crippen molar-refractivity contribution in [3.05, 3.63) is 95.7 Å². The molecule has 0 bridgehead atoms. The summed E-state index contributed by atoms with van der Waals surface area (Å²) < 4.78 is 0. The SMILES string of the molecule is CC1(C)CC(=O)C2=C(C1)N(c1cccc3ccccc13)C(=O)CC2/C=C/c1ccccc1. The number of Topliss-reactive ketones (excluding diaryl/α,β-unsaturated/α-hetero) is 1. The van der Waals surface area contributed by atoms with E-state index in [0.29, 0.717) is 19.3 Å². The van der Waals surface area contributed by atoms with E-state index in [9.17, 15) is 9.59 Å². The summed E-state index contributed by atoms with van der Waals surface area (Å²) in [5.41, 5.74) is 3.45. The second kappa shape index (κ2) is 7.90. The number of carbonyl (C=O) groups excluding carboxylic acids is 2. The van der Waals surface area contributed by atoms with Crippen LogP contribution in [-0.4, -0.2) is 11.7 Å². The number of amides is 1. The van der Waals surface area contributed by atoms with E-state index in [-0.39, 0.29) is 23.0 Å². The van der Waals surface area contributed by atoms with Gasteiger partial charge in [-0.15, -0.1) is 0 Å². The molecule has 1 aliphatic heterocycles. The van der Waals surface area contributed by atoms with Gasteiger partial charge in [0.25, 0.3) is 0 Å². The Hall–Kier alpha value is -3.46. The molecule has 0 saturated heterocycles. The topological polar surface area (TPSA) is 37.4 Å². The Balaban J connectivity index is 1.66. The van der Waals surface area contributed by atoms with Crippen molar-refractivity contribution >= 4 is 34.2 Å². The van der Waals surface area contributed by atoms with Crippen molar-refractivity contribution < 1.29 is 9.59 Å². The minimum absolute atomic E-state index is 0.0494. The molecule has 1 amide bonds. The van der Waals surface area contributed by atoms with Crippen molar-refractivity contribution in [1.82, 2.24) is 0 Å². The molecule has 2 aliphatic rings. The van der Waals surface area contributed by atoms with Gasteiger partial charge in [0, 0.05) is 35.4 Å². The molecule has 5 rings (SSSR count). The largest absolute Gasteiger partial charge is 0.294 e. The summed E-state index contributed by atoms with van der Waals surface area (Å²) in [6.45, 7) is 4.23. The third kappa shape index (κ3) is 3.69. The number of rotatable bonds is 3. The fourth-order valence-electron chi connectivity index (χ4n) is 5.09. The zero-order valence-corrected chi connectivity index (χ0v) is 18.5. The van der Waals surface area contributed by atoms with Crippen LogP contribution in [0.15, 0.2) is 90.1 Å². The molecule has 1 unspecified atom stereocenters. The highest BCUT2D eigenvalue weighted by atomic mass is 16.2. The highest BCUT2D eigenvalue weighted by Gasteiger charge is 2.43. The highest BCUT2D eigenvalue weighted by Crippen LogP contribution is 2.46. The summed E-state index contributed by atoms with van der Waals surface area (Å²) >= 11 is 0. The first kappa shape index (κ1) is 20.4. The van der Waals surface area contributed by atoms with Gasteiger partial charge in [-0.2, -0.15) is 0 Å².